The number of methoxy groups -OCH3 is 1. The highest BCUT2D eigenvalue weighted by atomic mass is 35.5. The molecule has 0 aliphatic heterocycles. The van der Waals surface area contributed by atoms with E-state index in [1.807, 2.05) is 6.08 Å². The lowest BCUT2D eigenvalue weighted by atomic mass is 9.91. The van der Waals surface area contributed by atoms with Crippen molar-refractivity contribution in [1.82, 2.24) is 19.9 Å². The smallest absolute Gasteiger partial charge is 0.264 e. The van der Waals surface area contributed by atoms with Crippen LogP contribution in [0.25, 0.3) is 12.2 Å². The van der Waals surface area contributed by atoms with Gasteiger partial charge in [-0.1, -0.05) is 35.3 Å². The Morgan fingerprint density at radius 1 is 1.03 bits per heavy atom. The van der Waals surface area contributed by atoms with Crippen molar-refractivity contribution in [3.05, 3.63) is 63.9 Å². The average molecular weight is 578 g/mol. The second kappa shape index (κ2) is 12.3. The van der Waals surface area contributed by atoms with Crippen molar-refractivity contribution < 1.29 is 13.2 Å². The van der Waals surface area contributed by atoms with E-state index >= 15 is 0 Å². The van der Waals surface area contributed by atoms with E-state index < -0.39 is 10.0 Å². The molecule has 0 spiro atoms. The van der Waals surface area contributed by atoms with Gasteiger partial charge >= 0.3 is 0 Å². The summed E-state index contributed by atoms with van der Waals surface area (Å²) in [6.45, 7) is 0. The first-order chi connectivity index (χ1) is 18.2. The lowest BCUT2D eigenvalue weighted by Crippen LogP contribution is -2.36. The maximum atomic E-state index is 12.8. The predicted octanol–water partition coefficient (Wildman–Crippen LogP) is 5.44. The SMILES string of the molecule is COc1nc(NS(=O)(=O)c2cccc(Cl)c2Cl)ccc1/C=C/c1cnc(N[C@H]2CC[C@H](N(C)C)CC2)nc1. The second-order valence-electron chi connectivity index (χ2n) is 9.24. The number of nitrogens with zero attached hydrogens (tertiary/aromatic N) is 4. The van der Waals surface area contributed by atoms with Gasteiger partial charge in [-0.05, 0) is 70.1 Å². The zero-order valence-electron chi connectivity index (χ0n) is 21.4. The van der Waals surface area contributed by atoms with Gasteiger partial charge in [-0.3, -0.25) is 4.72 Å². The fraction of sp³-hybridized carbons (Fsp3) is 0.346. The molecule has 1 saturated carbocycles. The van der Waals surface area contributed by atoms with E-state index in [2.05, 4.69) is 44.0 Å². The predicted molar refractivity (Wildman–Crippen MR) is 152 cm³/mol. The van der Waals surface area contributed by atoms with Gasteiger partial charge in [-0.15, -0.1) is 0 Å². The van der Waals surface area contributed by atoms with Crippen molar-refractivity contribution in [3.8, 4) is 5.88 Å². The highest BCUT2D eigenvalue weighted by Crippen LogP contribution is 2.30. The van der Waals surface area contributed by atoms with Crippen LogP contribution in [-0.4, -0.2) is 61.6 Å². The Bertz CT molecular complexity index is 1390. The largest absolute Gasteiger partial charge is 0.481 e. The van der Waals surface area contributed by atoms with Gasteiger partial charge in [-0.25, -0.2) is 18.4 Å². The molecular weight excluding hydrogens is 547 g/mol. The summed E-state index contributed by atoms with van der Waals surface area (Å²) in [5.74, 6) is 0.936. The Labute approximate surface area is 233 Å². The Kier molecular flexibility index (Phi) is 9.09. The van der Waals surface area contributed by atoms with Crippen LogP contribution in [0.5, 0.6) is 5.88 Å². The molecule has 0 atom stereocenters. The first-order valence-corrected chi connectivity index (χ1v) is 14.3. The standard InChI is InChI=1S/C26H30Cl2N6O3S/c1-34(2)20-12-10-19(11-13-20)31-26-29-15-17(16-30-26)7-8-18-9-14-23(32-25(18)37-3)33-38(35,36)22-6-4-5-21(27)24(22)28/h4-9,14-16,19-20H,10-13H2,1-3H3,(H,32,33)(H,29,30,31)/b8-7+/t19-,20-. The minimum atomic E-state index is -4.01. The average Bonchev–Trinajstić information content (AvgIpc) is 2.90. The molecular formula is C26H30Cl2N6O3S. The van der Waals surface area contributed by atoms with Gasteiger partial charge in [0.05, 0.1) is 17.2 Å². The zero-order chi connectivity index (χ0) is 27.3. The molecule has 0 amide bonds. The van der Waals surface area contributed by atoms with Crippen molar-refractivity contribution >= 4 is 57.1 Å². The summed E-state index contributed by atoms with van der Waals surface area (Å²) in [6.07, 6.45) is 11.6. The highest BCUT2D eigenvalue weighted by molar-refractivity contribution is 7.92. The van der Waals surface area contributed by atoms with Crippen LogP contribution in [0.4, 0.5) is 11.8 Å². The molecule has 1 aromatic carbocycles. The highest BCUT2D eigenvalue weighted by Gasteiger charge is 2.23. The van der Waals surface area contributed by atoms with E-state index in [1.165, 1.54) is 31.4 Å². The quantitative estimate of drug-likeness (QED) is 0.346. The van der Waals surface area contributed by atoms with Gasteiger partial charge in [-0.2, -0.15) is 4.98 Å². The molecule has 3 aromatic rings. The van der Waals surface area contributed by atoms with Crippen LogP contribution in [0.15, 0.2) is 47.6 Å². The Morgan fingerprint density at radius 3 is 2.39 bits per heavy atom. The molecule has 4 rings (SSSR count). The molecule has 1 fully saturated rings. The third kappa shape index (κ3) is 6.93. The number of anilines is 2. The van der Waals surface area contributed by atoms with Crippen LogP contribution in [-0.2, 0) is 10.0 Å². The van der Waals surface area contributed by atoms with E-state index in [9.17, 15) is 8.42 Å². The van der Waals surface area contributed by atoms with Crippen LogP contribution >= 0.6 is 23.2 Å². The fourth-order valence-electron chi connectivity index (χ4n) is 4.29. The van der Waals surface area contributed by atoms with Crippen molar-refractivity contribution in [2.45, 2.75) is 42.7 Å². The van der Waals surface area contributed by atoms with Gasteiger partial charge in [0.25, 0.3) is 10.0 Å². The minimum Gasteiger partial charge on any atom is -0.481 e. The first kappa shape index (κ1) is 28.1. The van der Waals surface area contributed by atoms with Gasteiger partial charge in [0.1, 0.15) is 10.7 Å². The van der Waals surface area contributed by atoms with E-state index in [4.69, 9.17) is 27.9 Å². The topological polar surface area (TPSA) is 109 Å². The molecule has 2 N–H and O–H groups in total. The maximum Gasteiger partial charge on any atom is 0.264 e. The molecule has 38 heavy (non-hydrogen) atoms. The third-order valence-corrected chi connectivity index (χ3v) is 8.74. The van der Waals surface area contributed by atoms with Crippen molar-refractivity contribution in [2.75, 3.05) is 31.2 Å². The summed E-state index contributed by atoms with van der Waals surface area (Å²) < 4.78 is 33.4. The molecule has 0 radical (unpaired) electrons. The van der Waals surface area contributed by atoms with Gasteiger partial charge in [0.15, 0.2) is 0 Å². The summed E-state index contributed by atoms with van der Waals surface area (Å²) >= 11 is 12.0. The second-order valence-corrected chi connectivity index (χ2v) is 11.7. The van der Waals surface area contributed by atoms with Crippen LogP contribution in [0.1, 0.15) is 36.8 Å². The number of hydrogen-bond acceptors (Lipinski definition) is 8. The third-order valence-electron chi connectivity index (χ3n) is 6.42. The number of nitrogens with one attached hydrogen (secondary N) is 2. The molecule has 0 unspecified atom stereocenters. The van der Waals surface area contributed by atoms with E-state index in [-0.39, 0.29) is 26.6 Å². The summed E-state index contributed by atoms with van der Waals surface area (Å²) in [4.78, 5) is 15.3. The number of rotatable bonds is 9. The molecule has 1 aliphatic carbocycles. The lowest BCUT2D eigenvalue weighted by Gasteiger charge is -2.32. The van der Waals surface area contributed by atoms with E-state index in [0.717, 1.165) is 31.2 Å². The fourth-order valence-corrected chi connectivity index (χ4v) is 6.05. The number of hydrogen-bond donors (Lipinski definition) is 2. The number of pyridine rings is 1. The molecule has 0 bridgehead atoms. The Morgan fingerprint density at radius 2 is 1.74 bits per heavy atom. The number of benzene rings is 1. The Hall–Kier alpha value is -2.92. The molecule has 202 valence electrons. The Balaban J connectivity index is 1.40. The van der Waals surface area contributed by atoms with Crippen LogP contribution in [0.3, 0.4) is 0 Å². The van der Waals surface area contributed by atoms with E-state index in [0.29, 0.717) is 23.6 Å². The number of sulfonamides is 1. The van der Waals surface area contributed by atoms with E-state index in [1.54, 1.807) is 24.5 Å². The molecule has 9 nitrogen and oxygen atoms in total. The number of halogens is 2. The molecule has 0 saturated heterocycles. The summed E-state index contributed by atoms with van der Waals surface area (Å²) in [7, 11) is 1.72. The van der Waals surface area contributed by atoms with Crippen LogP contribution in [0.2, 0.25) is 10.0 Å². The van der Waals surface area contributed by atoms with Gasteiger partial charge in [0.2, 0.25) is 11.8 Å². The lowest BCUT2D eigenvalue weighted by molar-refractivity contribution is 0.221. The molecule has 2 aromatic heterocycles. The monoisotopic (exact) mass is 576 g/mol. The van der Waals surface area contributed by atoms with Crippen LogP contribution in [0, 0.1) is 0 Å². The van der Waals surface area contributed by atoms with Crippen molar-refractivity contribution in [3.63, 3.8) is 0 Å². The van der Waals surface area contributed by atoms with Gasteiger partial charge in [0, 0.05) is 35.6 Å². The summed E-state index contributed by atoms with van der Waals surface area (Å²) in [6, 6.07) is 8.64. The first-order valence-electron chi connectivity index (χ1n) is 12.1. The van der Waals surface area contributed by atoms with Crippen LogP contribution < -0.4 is 14.8 Å². The summed E-state index contributed by atoms with van der Waals surface area (Å²) in [5.41, 5.74) is 1.45. The van der Waals surface area contributed by atoms with Crippen molar-refractivity contribution in [2.24, 2.45) is 0 Å². The zero-order valence-corrected chi connectivity index (χ0v) is 23.7. The van der Waals surface area contributed by atoms with Crippen molar-refractivity contribution in [1.29, 1.82) is 0 Å². The number of aromatic nitrogens is 3. The van der Waals surface area contributed by atoms with Gasteiger partial charge < -0.3 is 15.0 Å². The summed E-state index contributed by atoms with van der Waals surface area (Å²) in [5, 5.41) is 3.51. The minimum absolute atomic E-state index is 0.0617. The molecule has 1 aliphatic rings. The number of ether oxygens (including phenoxy) is 1. The normalized spacial score (nSPS) is 18.1. The maximum absolute atomic E-state index is 12.8. The molecule has 12 heteroatoms. The molecule has 2 heterocycles.